The summed E-state index contributed by atoms with van der Waals surface area (Å²) in [6, 6.07) is 7.03. The fourth-order valence-corrected chi connectivity index (χ4v) is 6.72. The first-order chi connectivity index (χ1) is 20.5. The van der Waals surface area contributed by atoms with Gasteiger partial charge in [0.1, 0.15) is 18.5 Å². The number of aryl methyl sites for hydroxylation is 1. The van der Waals surface area contributed by atoms with Crippen molar-refractivity contribution >= 4 is 51.6 Å². The van der Waals surface area contributed by atoms with Crippen molar-refractivity contribution in [3.63, 3.8) is 0 Å². The molecule has 2 unspecified atom stereocenters. The molecule has 0 radical (unpaired) electrons. The number of likely N-dealkylation sites (N-methyl/N-ethyl adjacent to an activating group) is 1. The highest BCUT2D eigenvalue weighted by molar-refractivity contribution is 14.1. The van der Waals surface area contributed by atoms with Crippen molar-refractivity contribution in [2.45, 2.75) is 90.8 Å². The third-order valence-electron chi connectivity index (χ3n) is 8.51. The molecule has 1 fully saturated rings. The monoisotopic (exact) mass is 725 g/mol. The summed E-state index contributed by atoms with van der Waals surface area (Å²) < 4.78 is 1.18. The van der Waals surface area contributed by atoms with Crippen LogP contribution < -0.4 is 10.6 Å². The van der Waals surface area contributed by atoms with Crippen LogP contribution >= 0.6 is 33.9 Å². The number of likely N-dealkylation sites (tertiary alicyclic amines) is 1. The van der Waals surface area contributed by atoms with Crippen molar-refractivity contribution in [1.82, 2.24) is 25.4 Å². The number of benzene rings is 1. The van der Waals surface area contributed by atoms with Gasteiger partial charge in [-0.3, -0.25) is 19.3 Å². The number of amides is 3. The highest BCUT2D eigenvalue weighted by Crippen LogP contribution is 2.23. The lowest BCUT2D eigenvalue weighted by Crippen LogP contribution is -2.58. The van der Waals surface area contributed by atoms with Crippen molar-refractivity contribution in [3.8, 4) is 0 Å². The van der Waals surface area contributed by atoms with E-state index in [1.165, 1.54) is 25.4 Å². The van der Waals surface area contributed by atoms with Gasteiger partial charge in [0.05, 0.1) is 11.0 Å². The smallest absolute Gasteiger partial charge is 0.270 e. The summed E-state index contributed by atoms with van der Waals surface area (Å²) in [6.07, 6.45) is 5.46. The maximum absolute atomic E-state index is 13.9. The molecule has 2 aromatic rings. The third-order valence-corrected chi connectivity index (χ3v) is 10.1. The van der Waals surface area contributed by atoms with Gasteiger partial charge in [0.15, 0.2) is 0 Å². The molecule has 11 heteroatoms. The highest BCUT2D eigenvalue weighted by atomic mass is 127. The normalized spacial score (nSPS) is 17.7. The number of hydrogen-bond donors (Lipinski definition) is 3. The van der Waals surface area contributed by atoms with Gasteiger partial charge in [-0.2, -0.15) is 0 Å². The molecule has 9 nitrogen and oxygen atoms in total. The minimum atomic E-state index is -0.712. The summed E-state index contributed by atoms with van der Waals surface area (Å²) >= 11 is 3.70. The van der Waals surface area contributed by atoms with Crippen LogP contribution in [0.2, 0.25) is 0 Å². The number of aromatic nitrogens is 1. The molecule has 3 N–H and O–H groups in total. The van der Waals surface area contributed by atoms with Gasteiger partial charge >= 0.3 is 0 Å². The van der Waals surface area contributed by atoms with Crippen LogP contribution in [0.25, 0.3) is 0 Å². The van der Waals surface area contributed by atoms with Crippen LogP contribution in [0.5, 0.6) is 0 Å². The number of thiazole rings is 1. The first-order valence-corrected chi connectivity index (χ1v) is 17.4. The summed E-state index contributed by atoms with van der Waals surface area (Å²) in [5.74, 6) is -0.589. The number of halogens is 1. The SMILES string of the molecule is CCC(C)C(NC(=O)[C@H]1CCCCN1C)C(=O)N(CO)[C@H](CCc1nc(C(=O)NCCc2ccc(I)cc2)cs1)C(C)C. The van der Waals surface area contributed by atoms with Crippen LogP contribution in [0, 0.1) is 15.4 Å². The van der Waals surface area contributed by atoms with E-state index in [2.05, 4.69) is 67.4 Å². The Hall–Kier alpha value is -2.09. The lowest BCUT2D eigenvalue weighted by molar-refractivity contribution is -0.146. The molecule has 0 spiro atoms. The molecule has 43 heavy (non-hydrogen) atoms. The third kappa shape index (κ3) is 10.2. The molecule has 238 valence electrons. The number of nitrogens with one attached hydrogen (secondary N) is 2. The fraction of sp³-hybridized carbons (Fsp3) is 0.625. The van der Waals surface area contributed by atoms with Crippen LogP contribution in [-0.4, -0.2) is 82.6 Å². The van der Waals surface area contributed by atoms with Gasteiger partial charge in [-0.25, -0.2) is 4.98 Å². The number of aliphatic hydroxyl groups is 1. The average Bonchev–Trinajstić information content (AvgIpc) is 3.47. The Morgan fingerprint density at radius 1 is 1.16 bits per heavy atom. The van der Waals surface area contributed by atoms with E-state index in [9.17, 15) is 19.5 Å². The number of hydrogen-bond acceptors (Lipinski definition) is 7. The molecule has 3 rings (SSSR count). The summed E-state index contributed by atoms with van der Waals surface area (Å²) in [7, 11) is 1.96. The molecule has 1 aliphatic heterocycles. The van der Waals surface area contributed by atoms with E-state index in [4.69, 9.17) is 0 Å². The Labute approximate surface area is 274 Å². The summed E-state index contributed by atoms with van der Waals surface area (Å²) in [6.45, 7) is 9.00. The number of nitrogens with zero attached hydrogens (tertiary/aromatic N) is 3. The van der Waals surface area contributed by atoms with E-state index in [-0.39, 0.29) is 41.6 Å². The van der Waals surface area contributed by atoms with Crippen molar-refractivity contribution in [1.29, 1.82) is 0 Å². The van der Waals surface area contributed by atoms with Gasteiger partial charge in [0.25, 0.3) is 5.91 Å². The van der Waals surface area contributed by atoms with Crippen molar-refractivity contribution in [2.75, 3.05) is 26.9 Å². The molecule has 4 atom stereocenters. The van der Waals surface area contributed by atoms with Gasteiger partial charge in [0, 0.05) is 28.0 Å². The summed E-state index contributed by atoms with van der Waals surface area (Å²) in [5, 5.41) is 19.0. The molecule has 1 aromatic carbocycles. The Morgan fingerprint density at radius 2 is 1.88 bits per heavy atom. The molecular weight excluding hydrogens is 677 g/mol. The zero-order valence-electron chi connectivity index (χ0n) is 26.1. The zero-order valence-corrected chi connectivity index (χ0v) is 29.1. The Kier molecular flexibility index (Phi) is 14.3. The Balaban J connectivity index is 1.61. The second-order valence-corrected chi connectivity index (χ2v) is 14.1. The molecular formula is C32H48IN5O4S. The number of carbonyl (C=O) groups excluding carboxylic acids is 3. The van der Waals surface area contributed by atoms with Crippen LogP contribution in [0.4, 0.5) is 0 Å². The van der Waals surface area contributed by atoms with E-state index in [1.54, 1.807) is 5.38 Å². The van der Waals surface area contributed by atoms with Gasteiger partial charge in [0.2, 0.25) is 11.8 Å². The lowest BCUT2D eigenvalue weighted by Gasteiger charge is -2.38. The van der Waals surface area contributed by atoms with E-state index in [0.29, 0.717) is 25.1 Å². The maximum Gasteiger partial charge on any atom is 0.270 e. The zero-order chi connectivity index (χ0) is 31.5. The first-order valence-electron chi connectivity index (χ1n) is 15.4. The van der Waals surface area contributed by atoms with Crippen LogP contribution in [-0.2, 0) is 22.4 Å². The highest BCUT2D eigenvalue weighted by Gasteiger charge is 2.36. The molecule has 1 aromatic heterocycles. The van der Waals surface area contributed by atoms with Crippen molar-refractivity contribution in [2.24, 2.45) is 11.8 Å². The largest absolute Gasteiger partial charge is 0.376 e. The van der Waals surface area contributed by atoms with Crippen molar-refractivity contribution < 1.29 is 19.5 Å². The standard InChI is InChI=1S/C32H48IN5O4S/c1-6-22(4)29(36-31(41)27-9-7-8-18-37(27)5)32(42)38(20-39)26(21(2)3)14-15-28-35-25(19-43-28)30(40)34-17-16-23-10-12-24(33)13-11-23/h10-13,19,21-22,26-27,29,39H,6-9,14-18,20H2,1-5H3,(H,34,40)(H,36,41)/t22?,26-,27-,29?/m1/s1. The van der Waals surface area contributed by atoms with Crippen LogP contribution in [0.15, 0.2) is 29.6 Å². The Morgan fingerprint density at radius 3 is 2.51 bits per heavy atom. The lowest BCUT2D eigenvalue weighted by atomic mass is 9.93. The minimum Gasteiger partial charge on any atom is -0.376 e. The first kappa shape index (κ1) is 35.4. The van der Waals surface area contributed by atoms with E-state index < -0.39 is 12.8 Å². The second-order valence-electron chi connectivity index (χ2n) is 11.9. The molecule has 0 aliphatic carbocycles. The molecule has 0 bridgehead atoms. The van der Waals surface area contributed by atoms with E-state index in [1.807, 2.05) is 34.7 Å². The van der Waals surface area contributed by atoms with Gasteiger partial charge < -0.3 is 20.6 Å². The second kappa shape index (κ2) is 17.4. The van der Waals surface area contributed by atoms with Crippen LogP contribution in [0.1, 0.15) is 80.9 Å². The number of aliphatic hydroxyl groups excluding tert-OH is 1. The average molecular weight is 726 g/mol. The van der Waals surface area contributed by atoms with E-state index in [0.717, 1.165) is 43.7 Å². The predicted octanol–water partition coefficient (Wildman–Crippen LogP) is 4.47. The molecule has 1 saturated heterocycles. The molecule has 1 aliphatic rings. The predicted molar refractivity (Wildman–Crippen MR) is 180 cm³/mol. The van der Waals surface area contributed by atoms with Gasteiger partial charge in [-0.15, -0.1) is 11.3 Å². The topological polar surface area (TPSA) is 115 Å². The Bertz CT molecular complexity index is 1190. The minimum absolute atomic E-state index is 0.0675. The quantitative estimate of drug-likeness (QED) is 0.185. The van der Waals surface area contributed by atoms with Gasteiger partial charge in [-0.1, -0.05) is 52.7 Å². The summed E-state index contributed by atoms with van der Waals surface area (Å²) in [5.41, 5.74) is 1.56. The van der Waals surface area contributed by atoms with Crippen LogP contribution in [0.3, 0.4) is 0 Å². The number of rotatable bonds is 15. The number of carbonyl (C=O) groups is 3. The van der Waals surface area contributed by atoms with Crippen molar-refractivity contribution in [3.05, 3.63) is 49.5 Å². The fourth-order valence-electron chi connectivity index (χ4n) is 5.57. The molecule has 2 heterocycles. The molecule has 3 amide bonds. The maximum atomic E-state index is 13.9. The van der Waals surface area contributed by atoms with Gasteiger partial charge in [-0.05, 0) is 91.4 Å². The summed E-state index contributed by atoms with van der Waals surface area (Å²) in [4.78, 5) is 48.0. The number of piperidine rings is 1. The molecule has 0 saturated carbocycles. The van der Waals surface area contributed by atoms with E-state index >= 15 is 0 Å².